The molecule has 0 atom stereocenters. The number of nitrogen functional groups attached to an aromatic ring is 1. The molecule has 0 aliphatic heterocycles. The Hall–Kier alpha value is -1.55. The minimum absolute atomic E-state index is 0.363. The van der Waals surface area contributed by atoms with Crippen molar-refractivity contribution < 1.29 is 4.39 Å². The summed E-state index contributed by atoms with van der Waals surface area (Å²) in [5.41, 5.74) is 7.06. The topological polar surface area (TPSA) is 43.8 Å². The molecule has 2 N–H and O–H groups in total. The normalized spacial score (nSPS) is 11.3. The summed E-state index contributed by atoms with van der Waals surface area (Å²) in [5, 5.41) is 0.363. The number of nitrogens with zero attached hydrogens (tertiary/aromatic N) is 2. The zero-order valence-electron chi connectivity index (χ0n) is 12.0. The molecule has 0 aliphatic rings. The Morgan fingerprint density at radius 3 is 2.65 bits per heavy atom. The van der Waals surface area contributed by atoms with Crippen molar-refractivity contribution in [2.75, 3.05) is 5.73 Å². The van der Waals surface area contributed by atoms with Crippen LogP contribution in [0, 0.1) is 11.7 Å². The van der Waals surface area contributed by atoms with Gasteiger partial charge < -0.3 is 10.3 Å². The average Bonchev–Trinajstić information content (AvgIpc) is 2.67. The van der Waals surface area contributed by atoms with E-state index in [-0.39, 0.29) is 0 Å². The fourth-order valence-electron chi connectivity index (χ4n) is 2.23. The lowest BCUT2D eigenvalue weighted by Gasteiger charge is -2.11. The molecule has 0 fully saturated rings. The van der Waals surface area contributed by atoms with Gasteiger partial charge in [-0.15, -0.1) is 0 Å². The Morgan fingerprint density at radius 1 is 1.40 bits per heavy atom. The molecule has 0 aliphatic carbocycles. The SMILES string of the molecule is CCc1nc(-c2ccc(Cl)cc2F)c(N)n1CC(C)C. The third kappa shape index (κ3) is 2.80. The molecule has 2 rings (SSSR count). The zero-order valence-corrected chi connectivity index (χ0v) is 12.7. The Labute approximate surface area is 123 Å². The van der Waals surface area contributed by atoms with Gasteiger partial charge in [-0.3, -0.25) is 0 Å². The highest BCUT2D eigenvalue weighted by Gasteiger charge is 2.18. The van der Waals surface area contributed by atoms with Crippen molar-refractivity contribution in [1.82, 2.24) is 9.55 Å². The van der Waals surface area contributed by atoms with Crippen molar-refractivity contribution >= 4 is 17.4 Å². The largest absolute Gasteiger partial charge is 0.383 e. The maximum atomic E-state index is 14.0. The van der Waals surface area contributed by atoms with E-state index in [4.69, 9.17) is 17.3 Å². The summed E-state index contributed by atoms with van der Waals surface area (Å²) in [4.78, 5) is 4.50. The van der Waals surface area contributed by atoms with Gasteiger partial charge in [0.05, 0.1) is 0 Å². The second kappa shape index (κ2) is 5.83. The van der Waals surface area contributed by atoms with Crippen molar-refractivity contribution in [3.8, 4) is 11.3 Å². The Bertz CT molecular complexity index is 620. The maximum absolute atomic E-state index is 14.0. The van der Waals surface area contributed by atoms with Crippen molar-refractivity contribution in [2.45, 2.75) is 33.7 Å². The van der Waals surface area contributed by atoms with Crippen LogP contribution in [0.25, 0.3) is 11.3 Å². The van der Waals surface area contributed by atoms with Crippen LogP contribution in [0.5, 0.6) is 0 Å². The van der Waals surface area contributed by atoms with Crippen LogP contribution in [-0.4, -0.2) is 9.55 Å². The molecule has 5 heteroatoms. The van der Waals surface area contributed by atoms with E-state index in [1.54, 1.807) is 12.1 Å². The van der Waals surface area contributed by atoms with Gasteiger partial charge in [-0.05, 0) is 24.1 Å². The number of aryl methyl sites for hydroxylation is 1. The minimum Gasteiger partial charge on any atom is -0.383 e. The highest BCUT2D eigenvalue weighted by Crippen LogP contribution is 2.30. The number of halogens is 2. The van der Waals surface area contributed by atoms with Crippen molar-refractivity contribution in [3.05, 3.63) is 34.9 Å². The molecule has 0 amide bonds. The number of hydrogen-bond donors (Lipinski definition) is 1. The molecule has 20 heavy (non-hydrogen) atoms. The van der Waals surface area contributed by atoms with E-state index in [0.29, 0.717) is 28.0 Å². The first kappa shape index (κ1) is 14.9. The molecule has 3 nitrogen and oxygen atoms in total. The molecule has 0 spiro atoms. The number of aromatic nitrogens is 2. The van der Waals surface area contributed by atoms with Gasteiger partial charge in [0.15, 0.2) is 0 Å². The van der Waals surface area contributed by atoms with Gasteiger partial charge in [0.2, 0.25) is 0 Å². The van der Waals surface area contributed by atoms with E-state index in [9.17, 15) is 4.39 Å². The number of imidazole rings is 1. The van der Waals surface area contributed by atoms with Gasteiger partial charge in [0.25, 0.3) is 0 Å². The Kier molecular flexibility index (Phi) is 4.33. The molecule has 0 unspecified atom stereocenters. The number of rotatable bonds is 4. The number of anilines is 1. The summed E-state index contributed by atoms with van der Waals surface area (Å²) in [6.45, 7) is 7.01. The maximum Gasteiger partial charge on any atom is 0.134 e. The van der Waals surface area contributed by atoms with E-state index in [1.165, 1.54) is 6.07 Å². The van der Waals surface area contributed by atoms with Gasteiger partial charge in [-0.25, -0.2) is 9.37 Å². The molecule has 108 valence electrons. The van der Waals surface area contributed by atoms with Crippen LogP contribution in [0.1, 0.15) is 26.6 Å². The summed E-state index contributed by atoms with van der Waals surface area (Å²) in [7, 11) is 0. The quantitative estimate of drug-likeness (QED) is 0.921. The van der Waals surface area contributed by atoms with Gasteiger partial charge in [-0.2, -0.15) is 0 Å². The lowest BCUT2D eigenvalue weighted by atomic mass is 10.1. The fourth-order valence-corrected chi connectivity index (χ4v) is 2.39. The van der Waals surface area contributed by atoms with Gasteiger partial charge >= 0.3 is 0 Å². The molecule has 0 bridgehead atoms. The van der Waals surface area contributed by atoms with Crippen molar-refractivity contribution in [3.63, 3.8) is 0 Å². The van der Waals surface area contributed by atoms with E-state index in [2.05, 4.69) is 18.8 Å². The van der Waals surface area contributed by atoms with Crippen LogP contribution >= 0.6 is 11.6 Å². The highest BCUT2D eigenvalue weighted by atomic mass is 35.5. The van der Waals surface area contributed by atoms with E-state index in [0.717, 1.165) is 18.8 Å². The number of benzene rings is 1. The summed E-state index contributed by atoms with van der Waals surface area (Å²) in [6, 6.07) is 4.55. The van der Waals surface area contributed by atoms with Crippen LogP contribution in [-0.2, 0) is 13.0 Å². The summed E-state index contributed by atoms with van der Waals surface area (Å²) in [6.07, 6.45) is 0.756. The van der Waals surface area contributed by atoms with Gasteiger partial charge in [0, 0.05) is 23.6 Å². The van der Waals surface area contributed by atoms with Gasteiger partial charge in [-0.1, -0.05) is 32.4 Å². The summed E-state index contributed by atoms with van der Waals surface area (Å²) in [5.74, 6) is 1.43. The molecule has 2 aromatic rings. The van der Waals surface area contributed by atoms with E-state index < -0.39 is 5.82 Å². The predicted octanol–water partition coefficient (Wildman–Crippen LogP) is 4.14. The Morgan fingerprint density at radius 2 is 2.10 bits per heavy atom. The van der Waals surface area contributed by atoms with Gasteiger partial charge in [0.1, 0.15) is 23.2 Å². The molecule has 1 heterocycles. The molecular weight excluding hydrogens is 277 g/mol. The molecule has 1 aromatic heterocycles. The molecular formula is C15H19ClFN3. The third-order valence-corrected chi connectivity index (χ3v) is 3.37. The molecule has 0 saturated heterocycles. The first-order valence-electron chi connectivity index (χ1n) is 6.74. The molecule has 1 aromatic carbocycles. The fraction of sp³-hybridized carbons (Fsp3) is 0.400. The second-order valence-electron chi connectivity index (χ2n) is 5.24. The van der Waals surface area contributed by atoms with Crippen LogP contribution in [0.4, 0.5) is 10.2 Å². The standard InChI is InChI=1S/C15H19ClFN3/c1-4-13-19-14(15(18)20(13)8-9(2)3)11-6-5-10(16)7-12(11)17/h5-7,9H,4,8,18H2,1-3H3. The number of hydrogen-bond acceptors (Lipinski definition) is 2. The van der Waals surface area contributed by atoms with Crippen molar-refractivity contribution in [1.29, 1.82) is 0 Å². The van der Waals surface area contributed by atoms with E-state index in [1.807, 2.05) is 11.5 Å². The van der Waals surface area contributed by atoms with E-state index >= 15 is 0 Å². The van der Waals surface area contributed by atoms with Crippen LogP contribution < -0.4 is 5.73 Å². The summed E-state index contributed by atoms with van der Waals surface area (Å²) >= 11 is 5.78. The molecule has 0 saturated carbocycles. The first-order chi connectivity index (χ1) is 9.43. The lowest BCUT2D eigenvalue weighted by molar-refractivity contribution is 0.513. The van der Waals surface area contributed by atoms with Crippen LogP contribution in [0.3, 0.4) is 0 Å². The smallest absolute Gasteiger partial charge is 0.134 e. The van der Waals surface area contributed by atoms with Crippen LogP contribution in [0.2, 0.25) is 5.02 Å². The molecule has 0 radical (unpaired) electrons. The van der Waals surface area contributed by atoms with Crippen molar-refractivity contribution in [2.24, 2.45) is 5.92 Å². The lowest BCUT2D eigenvalue weighted by Crippen LogP contribution is -2.11. The average molecular weight is 296 g/mol. The minimum atomic E-state index is -0.402. The zero-order chi connectivity index (χ0) is 14.9. The first-order valence-corrected chi connectivity index (χ1v) is 7.12. The highest BCUT2D eigenvalue weighted by molar-refractivity contribution is 6.30. The summed E-state index contributed by atoms with van der Waals surface area (Å²) < 4.78 is 16.0. The monoisotopic (exact) mass is 295 g/mol. The third-order valence-electron chi connectivity index (χ3n) is 3.14. The van der Waals surface area contributed by atoms with Crippen LogP contribution in [0.15, 0.2) is 18.2 Å². The predicted molar refractivity (Wildman–Crippen MR) is 81.3 cm³/mol. The Balaban J connectivity index is 2.54. The number of nitrogens with two attached hydrogens (primary N) is 1. The second-order valence-corrected chi connectivity index (χ2v) is 5.68.